The van der Waals surface area contributed by atoms with Crippen molar-refractivity contribution in [1.82, 2.24) is 0 Å². The van der Waals surface area contributed by atoms with E-state index in [1.54, 1.807) is 19.0 Å². The first-order valence-electron chi connectivity index (χ1n) is 7.33. The summed E-state index contributed by atoms with van der Waals surface area (Å²) in [5.74, 6) is -1.01. The highest BCUT2D eigenvalue weighted by Gasteiger charge is 2.43. The van der Waals surface area contributed by atoms with Crippen LogP contribution in [0.4, 0.5) is 25.8 Å². The lowest BCUT2D eigenvalue weighted by Crippen LogP contribution is -2.25. The van der Waals surface area contributed by atoms with Crippen molar-refractivity contribution in [3.05, 3.63) is 52.1 Å². The van der Waals surface area contributed by atoms with Gasteiger partial charge in [0.15, 0.2) is 11.5 Å². The van der Waals surface area contributed by atoms with Crippen LogP contribution < -0.4 is 19.7 Å². The molecule has 0 atom stereocenters. The molecule has 2 aromatic rings. The van der Waals surface area contributed by atoms with Gasteiger partial charge in [-0.25, -0.2) is 0 Å². The number of benzene rings is 2. The molecule has 0 spiro atoms. The van der Waals surface area contributed by atoms with Crippen molar-refractivity contribution in [2.75, 3.05) is 24.3 Å². The molecule has 0 radical (unpaired) electrons. The summed E-state index contributed by atoms with van der Waals surface area (Å²) in [6.45, 7) is 0. The summed E-state index contributed by atoms with van der Waals surface area (Å²) >= 11 is 0. The van der Waals surface area contributed by atoms with Crippen LogP contribution in [0, 0.1) is 10.1 Å². The van der Waals surface area contributed by atoms with Crippen molar-refractivity contribution in [3.8, 4) is 11.5 Å². The zero-order chi connectivity index (χ0) is 19.1. The van der Waals surface area contributed by atoms with Gasteiger partial charge in [-0.1, -0.05) is 0 Å². The van der Waals surface area contributed by atoms with Gasteiger partial charge in [0.2, 0.25) is 0 Å². The number of alkyl halides is 2. The van der Waals surface area contributed by atoms with Crippen LogP contribution in [0.25, 0.3) is 0 Å². The molecule has 0 saturated heterocycles. The SMILES string of the molecule is CN(C)c1ccc([N+](=O)[O-])cc1C(=O)Nc1ccc2c(c1)OC(F)(F)O2. The van der Waals surface area contributed by atoms with E-state index in [-0.39, 0.29) is 28.4 Å². The Morgan fingerprint density at radius 3 is 2.50 bits per heavy atom. The van der Waals surface area contributed by atoms with E-state index in [0.29, 0.717) is 5.69 Å². The van der Waals surface area contributed by atoms with Gasteiger partial charge in [0.1, 0.15) is 0 Å². The van der Waals surface area contributed by atoms with E-state index in [9.17, 15) is 23.7 Å². The number of non-ortho nitro benzene ring substituents is 1. The molecular formula is C16H13F2N3O5. The zero-order valence-electron chi connectivity index (χ0n) is 13.7. The van der Waals surface area contributed by atoms with Crippen LogP contribution in [-0.4, -0.2) is 31.2 Å². The number of rotatable bonds is 4. The molecule has 0 unspecified atom stereocenters. The van der Waals surface area contributed by atoms with E-state index in [1.807, 2.05) is 0 Å². The Hall–Kier alpha value is -3.43. The molecule has 1 heterocycles. The number of ether oxygens (including phenoxy) is 2. The molecule has 1 aliphatic rings. The smallest absolute Gasteiger partial charge is 0.395 e. The lowest BCUT2D eigenvalue weighted by molar-refractivity contribution is -0.384. The monoisotopic (exact) mass is 365 g/mol. The normalized spacial score (nSPS) is 14.0. The molecule has 1 aliphatic heterocycles. The number of carbonyl (C=O) groups excluding carboxylic acids is 1. The van der Waals surface area contributed by atoms with E-state index in [0.717, 1.165) is 6.07 Å². The summed E-state index contributed by atoms with van der Waals surface area (Å²) in [7, 11) is 3.36. The van der Waals surface area contributed by atoms with Crippen molar-refractivity contribution in [2.24, 2.45) is 0 Å². The minimum atomic E-state index is -3.76. The third-order valence-corrected chi connectivity index (χ3v) is 3.58. The second-order valence-corrected chi connectivity index (χ2v) is 5.64. The largest absolute Gasteiger partial charge is 0.586 e. The minimum Gasteiger partial charge on any atom is -0.395 e. The molecule has 0 fully saturated rings. The Morgan fingerprint density at radius 1 is 1.15 bits per heavy atom. The molecule has 136 valence electrons. The molecule has 0 saturated carbocycles. The van der Waals surface area contributed by atoms with Crippen LogP contribution in [0.2, 0.25) is 0 Å². The number of carbonyl (C=O) groups is 1. The summed E-state index contributed by atoms with van der Waals surface area (Å²) in [6.07, 6.45) is -3.76. The Balaban J connectivity index is 1.89. The van der Waals surface area contributed by atoms with Gasteiger partial charge in [-0.2, -0.15) is 0 Å². The number of hydrogen-bond donors (Lipinski definition) is 1. The number of nitrogens with one attached hydrogen (secondary N) is 1. The molecular weight excluding hydrogens is 352 g/mol. The Kier molecular flexibility index (Phi) is 4.10. The van der Waals surface area contributed by atoms with E-state index < -0.39 is 17.1 Å². The van der Waals surface area contributed by atoms with Crippen LogP contribution in [0.1, 0.15) is 10.4 Å². The van der Waals surface area contributed by atoms with Crippen LogP contribution in [0.3, 0.4) is 0 Å². The average Bonchev–Trinajstić information content (AvgIpc) is 2.87. The van der Waals surface area contributed by atoms with Crippen molar-refractivity contribution < 1.29 is 28.0 Å². The molecule has 10 heteroatoms. The highest BCUT2D eigenvalue weighted by atomic mass is 19.3. The quantitative estimate of drug-likeness (QED) is 0.660. The highest BCUT2D eigenvalue weighted by molar-refractivity contribution is 6.08. The maximum atomic E-state index is 13.1. The predicted octanol–water partition coefficient (Wildman–Crippen LogP) is 3.23. The van der Waals surface area contributed by atoms with Crippen LogP contribution >= 0.6 is 0 Å². The first kappa shape index (κ1) is 17.4. The molecule has 26 heavy (non-hydrogen) atoms. The molecule has 0 bridgehead atoms. The van der Waals surface area contributed by atoms with Gasteiger partial charge in [0, 0.05) is 43.7 Å². The third kappa shape index (κ3) is 3.34. The van der Waals surface area contributed by atoms with E-state index in [1.165, 1.54) is 30.3 Å². The fourth-order valence-corrected chi connectivity index (χ4v) is 2.43. The predicted molar refractivity (Wildman–Crippen MR) is 88.0 cm³/mol. The van der Waals surface area contributed by atoms with E-state index in [4.69, 9.17) is 0 Å². The molecule has 1 N–H and O–H groups in total. The summed E-state index contributed by atoms with van der Waals surface area (Å²) < 4.78 is 34.7. The number of nitro groups is 1. The molecule has 1 amide bonds. The lowest BCUT2D eigenvalue weighted by Gasteiger charge is -2.17. The van der Waals surface area contributed by atoms with Crippen molar-refractivity contribution in [3.63, 3.8) is 0 Å². The number of fused-ring (bicyclic) bond motifs is 1. The second-order valence-electron chi connectivity index (χ2n) is 5.64. The standard InChI is InChI=1S/C16H13F2N3O5/c1-20(2)12-5-4-10(21(23)24)8-11(12)15(22)19-9-3-6-13-14(7-9)26-16(17,18)25-13/h3-8H,1-2H3,(H,19,22). The number of nitrogens with zero attached hydrogens (tertiary/aromatic N) is 2. The second kappa shape index (κ2) is 6.14. The highest BCUT2D eigenvalue weighted by Crippen LogP contribution is 2.42. The van der Waals surface area contributed by atoms with Crippen molar-refractivity contribution >= 4 is 23.0 Å². The lowest BCUT2D eigenvalue weighted by atomic mass is 10.1. The van der Waals surface area contributed by atoms with Gasteiger partial charge in [0.05, 0.1) is 10.5 Å². The van der Waals surface area contributed by atoms with Gasteiger partial charge >= 0.3 is 6.29 Å². The zero-order valence-corrected chi connectivity index (χ0v) is 13.7. The molecule has 0 aliphatic carbocycles. The van der Waals surface area contributed by atoms with Gasteiger partial charge in [0.25, 0.3) is 11.6 Å². The number of amides is 1. The van der Waals surface area contributed by atoms with Gasteiger partial charge in [-0.05, 0) is 18.2 Å². The number of nitro benzene ring substituents is 1. The summed E-state index contributed by atoms with van der Waals surface area (Å²) in [5, 5.41) is 13.5. The third-order valence-electron chi connectivity index (χ3n) is 3.58. The fourth-order valence-electron chi connectivity index (χ4n) is 2.43. The van der Waals surface area contributed by atoms with Crippen LogP contribution in [0.5, 0.6) is 11.5 Å². The Morgan fingerprint density at radius 2 is 1.85 bits per heavy atom. The molecule has 0 aromatic heterocycles. The summed E-state index contributed by atoms with van der Waals surface area (Å²) in [4.78, 5) is 24.5. The maximum absolute atomic E-state index is 13.1. The van der Waals surface area contributed by atoms with Crippen molar-refractivity contribution in [1.29, 1.82) is 0 Å². The fraction of sp³-hybridized carbons (Fsp3) is 0.188. The Labute approximate surface area is 146 Å². The van der Waals surface area contributed by atoms with E-state index in [2.05, 4.69) is 14.8 Å². The number of halogens is 2. The summed E-state index contributed by atoms with van der Waals surface area (Å²) in [5.41, 5.74) is 0.449. The molecule has 2 aromatic carbocycles. The average molecular weight is 365 g/mol. The number of hydrogen-bond acceptors (Lipinski definition) is 6. The maximum Gasteiger partial charge on any atom is 0.586 e. The van der Waals surface area contributed by atoms with Gasteiger partial charge in [-0.15, -0.1) is 8.78 Å². The number of anilines is 2. The van der Waals surface area contributed by atoms with Gasteiger partial charge < -0.3 is 19.7 Å². The topological polar surface area (TPSA) is 93.9 Å². The summed E-state index contributed by atoms with van der Waals surface area (Å²) in [6, 6.07) is 7.65. The van der Waals surface area contributed by atoms with Gasteiger partial charge in [-0.3, -0.25) is 14.9 Å². The first-order chi connectivity index (χ1) is 12.2. The van der Waals surface area contributed by atoms with E-state index >= 15 is 0 Å². The minimum absolute atomic E-state index is 0.0622. The first-order valence-corrected chi connectivity index (χ1v) is 7.33. The molecule has 8 nitrogen and oxygen atoms in total. The van der Waals surface area contributed by atoms with Crippen LogP contribution in [-0.2, 0) is 0 Å². The Bertz CT molecular complexity index is 901. The van der Waals surface area contributed by atoms with Crippen LogP contribution in [0.15, 0.2) is 36.4 Å². The molecule has 3 rings (SSSR count). The van der Waals surface area contributed by atoms with Crippen molar-refractivity contribution in [2.45, 2.75) is 6.29 Å².